The van der Waals surface area contributed by atoms with Crippen LogP contribution in [0.1, 0.15) is 26.3 Å². The molecule has 1 aromatic carbocycles. The maximum Gasteiger partial charge on any atom is 0.269 e. The van der Waals surface area contributed by atoms with Crippen LogP contribution in [-0.4, -0.2) is 18.1 Å². The lowest BCUT2D eigenvalue weighted by Crippen LogP contribution is -2.41. The molecule has 0 saturated carbocycles. The number of benzene rings is 1. The first kappa shape index (κ1) is 13.0. The van der Waals surface area contributed by atoms with E-state index in [2.05, 4.69) is 0 Å². The second kappa shape index (κ2) is 4.33. The third-order valence-electron chi connectivity index (χ3n) is 3.14. The Kier molecular flexibility index (Phi) is 3.12. The van der Waals surface area contributed by atoms with Gasteiger partial charge in [-0.3, -0.25) is 10.1 Å². The fourth-order valence-electron chi connectivity index (χ4n) is 2.25. The highest BCUT2D eigenvalue weighted by molar-refractivity contribution is 5.35. The maximum absolute atomic E-state index is 10.7. The van der Waals surface area contributed by atoms with Crippen molar-refractivity contribution in [3.8, 4) is 0 Å². The Balaban J connectivity index is 2.41. The molecule has 1 heterocycles. The van der Waals surface area contributed by atoms with Gasteiger partial charge in [-0.2, -0.15) is 0 Å². The van der Waals surface area contributed by atoms with Crippen LogP contribution in [0.4, 0.5) is 5.69 Å². The van der Waals surface area contributed by atoms with Crippen LogP contribution in [0.25, 0.3) is 0 Å². The number of nitrogens with zero attached hydrogens (tertiary/aromatic N) is 1. The van der Waals surface area contributed by atoms with Gasteiger partial charge in [0.15, 0.2) is 5.79 Å². The molecule has 0 radical (unpaired) electrons. The Bertz CT molecular complexity index is 441. The van der Waals surface area contributed by atoms with E-state index in [0.717, 1.165) is 5.56 Å². The summed E-state index contributed by atoms with van der Waals surface area (Å²) in [5, 5.41) is 10.7. The zero-order valence-electron chi connectivity index (χ0n) is 10.8. The van der Waals surface area contributed by atoms with Gasteiger partial charge in [0.25, 0.3) is 5.69 Å². The van der Waals surface area contributed by atoms with E-state index >= 15 is 0 Å². The zero-order valence-corrected chi connectivity index (χ0v) is 10.8. The predicted octanol–water partition coefficient (Wildman–Crippen LogP) is 2.84. The molecule has 1 aliphatic heterocycles. The molecule has 1 fully saturated rings. The second-order valence-corrected chi connectivity index (χ2v) is 5.37. The van der Waals surface area contributed by atoms with Gasteiger partial charge in [0.1, 0.15) is 0 Å². The largest absolute Gasteiger partial charge is 0.343 e. The highest BCUT2D eigenvalue weighted by Crippen LogP contribution is 2.46. The number of rotatable bonds is 2. The Labute approximate surface area is 106 Å². The van der Waals surface area contributed by atoms with Crippen molar-refractivity contribution in [3.63, 3.8) is 0 Å². The topological polar surface area (TPSA) is 61.6 Å². The molecule has 0 aliphatic carbocycles. The van der Waals surface area contributed by atoms with Crippen molar-refractivity contribution in [2.24, 2.45) is 5.41 Å². The standard InChI is InChI=1S/C13H17NO4/c1-12(2,3)13(17-8-9-18-13)10-4-6-11(7-5-10)14(15)16/h4-7H,8-9H2,1-3H3. The number of hydrogen-bond donors (Lipinski definition) is 0. The molecule has 0 N–H and O–H groups in total. The summed E-state index contributed by atoms with van der Waals surface area (Å²) in [6.07, 6.45) is 0. The summed E-state index contributed by atoms with van der Waals surface area (Å²) in [5.41, 5.74) is 0.638. The van der Waals surface area contributed by atoms with Gasteiger partial charge in [-0.05, 0) is 12.1 Å². The highest BCUT2D eigenvalue weighted by Gasteiger charge is 2.49. The van der Waals surface area contributed by atoms with Gasteiger partial charge in [-0.1, -0.05) is 20.8 Å². The Morgan fingerprint density at radius 2 is 1.67 bits per heavy atom. The molecule has 0 spiro atoms. The van der Waals surface area contributed by atoms with Crippen LogP contribution in [0.15, 0.2) is 24.3 Å². The van der Waals surface area contributed by atoms with E-state index in [9.17, 15) is 10.1 Å². The van der Waals surface area contributed by atoms with Crippen LogP contribution in [0, 0.1) is 15.5 Å². The van der Waals surface area contributed by atoms with Crippen LogP contribution in [0.2, 0.25) is 0 Å². The van der Waals surface area contributed by atoms with E-state index in [1.165, 1.54) is 12.1 Å². The molecule has 1 saturated heterocycles. The first-order valence-electron chi connectivity index (χ1n) is 5.90. The number of nitro groups is 1. The first-order valence-corrected chi connectivity index (χ1v) is 5.90. The third-order valence-corrected chi connectivity index (χ3v) is 3.14. The fourth-order valence-corrected chi connectivity index (χ4v) is 2.25. The van der Waals surface area contributed by atoms with Gasteiger partial charge in [0, 0.05) is 23.1 Å². The lowest BCUT2D eigenvalue weighted by Gasteiger charge is -2.39. The van der Waals surface area contributed by atoms with Gasteiger partial charge in [0.05, 0.1) is 18.1 Å². The Morgan fingerprint density at radius 1 is 1.17 bits per heavy atom. The molecule has 0 aromatic heterocycles. The van der Waals surface area contributed by atoms with Gasteiger partial charge < -0.3 is 9.47 Å². The molecule has 0 bridgehead atoms. The number of hydrogen-bond acceptors (Lipinski definition) is 4. The van der Waals surface area contributed by atoms with Crippen molar-refractivity contribution in [2.45, 2.75) is 26.6 Å². The van der Waals surface area contributed by atoms with Crippen molar-refractivity contribution in [2.75, 3.05) is 13.2 Å². The predicted molar refractivity (Wildman–Crippen MR) is 66.1 cm³/mol. The average Bonchev–Trinajstić information content (AvgIpc) is 2.78. The van der Waals surface area contributed by atoms with Crippen LogP contribution >= 0.6 is 0 Å². The van der Waals surface area contributed by atoms with Crippen molar-refractivity contribution < 1.29 is 14.4 Å². The minimum atomic E-state index is -0.817. The summed E-state index contributed by atoms with van der Waals surface area (Å²) in [7, 11) is 0. The minimum absolute atomic E-state index is 0.0702. The van der Waals surface area contributed by atoms with Crippen molar-refractivity contribution in [3.05, 3.63) is 39.9 Å². The molecular weight excluding hydrogens is 234 g/mol. The summed E-state index contributed by atoms with van der Waals surface area (Å²) in [5.74, 6) is -0.817. The Hall–Kier alpha value is -1.46. The molecule has 18 heavy (non-hydrogen) atoms. The van der Waals surface area contributed by atoms with E-state index in [4.69, 9.17) is 9.47 Å². The molecule has 2 rings (SSSR count). The normalized spacial score (nSPS) is 18.8. The second-order valence-electron chi connectivity index (χ2n) is 5.37. The summed E-state index contributed by atoms with van der Waals surface area (Å²) < 4.78 is 11.6. The zero-order chi connectivity index (χ0) is 13.4. The van der Waals surface area contributed by atoms with Gasteiger partial charge in [-0.25, -0.2) is 0 Å². The average molecular weight is 251 g/mol. The van der Waals surface area contributed by atoms with E-state index in [1.807, 2.05) is 20.8 Å². The van der Waals surface area contributed by atoms with Crippen LogP contribution in [-0.2, 0) is 15.3 Å². The molecule has 0 unspecified atom stereocenters. The monoisotopic (exact) mass is 251 g/mol. The van der Waals surface area contributed by atoms with Crippen LogP contribution in [0.5, 0.6) is 0 Å². The van der Waals surface area contributed by atoms with E-state index in [1.54, 1.807) is 12.1 Å². The summed E-state index contributed by atoms with van der Waals surface area (Å²) in [6, 6.07) is 6.37. The lowest BCUT2D eigenvalue weighted by molar-refractivity contribution is -0.384. The highest BCUT2D eigenvalue weighted by atomic mass is 16.7. The summed E-state index contributed by atoms with van der Waals surface area (Å²) in [6.45, 7) is 7.15. The molecular formula is C13H17NO4. The van der Waals surface area contributed by atoms with E-state index < -0.39 is 10.7 Å². The first-order chi connectivity index (χ1) is 8.37. The van der Waals surface area contributed by atoms with Gasteiger partial charge in [-0.15, -0.1) is 0 Å². The Morgan fingerprint density at radius 3 is 2.06 bits per heavy atom. The lowest BCUT2D eigenvalue weighted by atomic mass is 9.81. The van der Waals surface area contributed by atoms with Crippen LogP contribution < -0.4 is 0 Å². The van der Waals surface area contributed by atoms with E-state index in [-0.39, 0.29) is 11.1 Å². The molecule has 0 atom stereocenters. The molecule has 5 heteroatoms. The number of nitro benzene ring substituents is 1. The van der Waals surface area contributed by atoms with Gasteiger partial charge in [0.2, 0.25) is 0 Å². The summed E-state index contributed by atoms with van der Waals surface area (Å²) >= 11 is 0. The third kappa shape index (κ3) is 2.00. The summed E-state index contributed by atoms with van der Waals surface area (Å²) in [4.78, 5) is 10.2. The number of ether oxygens (including phenoxy) is 2. The minimum Gasteiger partial charge on any atom is -0.343 e. The quantitative estimate of drug-likeness (QED) is 0.599. The fraction of sp³-hybridized carbons (Fsp3) is 0.538. The van der Waals surface area contributed by atoms with Crippen molar-refractivity contribution >= 4 is 5.69 Å². The molecule has 98 valence electrons. The van der Waals surface area contributed by atoms with Crippen molar-refractivity contribution in [1.29, 1.82) is 0 Å². The van der Waals surface area contributed by atoms with Gasteiger partial charge >= 0.3 is 0 Å². The SMILES string of the molecule is CC(C)(C)C1(c2ccc([N+](=O)[O-])cc2)OCCO1. The van der Waals surface area contributed by atoms with Crippen molar-refractivity contribution in [1.82, 2.24) is 0 Å². The smallest absolute Gasteiger partial charge is 0.269 e. The van der Waals surface area contributed by atoms with Crippen LogP contribution in [0.3, 0.4) is 0 Å². The molecule has 1 aliphatic rings. The van der Waals surface area contributed by atoms with E-state index in [0.29, 0.717) is 13.2 Å². The maximum atomic E-state index is 10.7. The molecule has 5 nitrogen and oxygen atoms in total. The molecule has 0 amide bonds. The molecule has 1 aromatic rings. The number of non-ortho nitro benzene ring substituents is 1.